The molecule has 0 radical (unpaired) electrons. The van der Waals surface area contributed by atoms with Crippen LogP contribution in [0.1, 0.15) is 42.0 Å². The number of hydrogen-bond donors (Lipinski definition) is 1. The number of nitrogens with zero attached hydrogens (tertiary/aromatic N) is 3. The first-order chi connectivity index (χ1) is 14.2. The van der Waals surface area contributed by atoms with E-state index in [0.717, 1.165) is 11.3 Å². The highest BCUT2D eigenvalue weighted by Crippen LogP contribution is 2.22. The Balaban J connectivity index is 1.48. The molecule has 1 saturated heterocycles. The summed E-state index contributed by atoms with van der Waals surface area (Å²) >= 11 is 0. The van der Waals surface area contributed by atoms with Crippen molar-refractivity contribution in [2.24, 2.45) is 0 Å². The SMILES string of the molecule is Cc1ccc(C(C)(C)CNC(=O)N2CCN(C(=O)Cc3c(C)noc3C)CC2)cc1. The van der Waals surface area contributed by atoms with Crippen molar-refractivity contribution in [1.82, 2.24) is 20.3 Å². The molecule has 2 heterocycles. The number of carbonyl (C=O) groups is 2. The van der Waals surface area contributed by atoms with Gasteiger partial charge in [-0.2, -0.15) is 0 Å². The minimum Gasteiger partial charge on any atom is -0.361 e. The molecule has 0 bridgehead atoms. The number of rotatable bonds is 5. The summed E-state index contributed by atoms with van der Waals surface area (Å²) in [6, 6.07) is 8.35. The summed E-state index contributed by atoms with van der Waals surface area (Å²) in [7, 11) is 0. The zero-order valence-corrected chi connectivity index (χ0v) is 18.6. The van der Waals surface area contributed by atoms with Crippen LogP contribution in [0.3, 0.4) is 0 Å². The van der Waals surface area contributed by atoms with Gasteiger partial charge in [0.1, 0.15) is 5.76 Å². The van der Waals surface area contributed by atoms with Crippen molar-refractivity contribution in [2.75, 3.05) is 32.7 Å². The van der Waals surface area contributed by atoms with Crippen molar-refractivity contribution in [3.63, 3.8) is 0 Å². The summed E-state index contributed by atoms with van der Waals surface area (Å²) in [5, 5.41) is 6.97. The second-order valence-corrected chi connectivity index (χ2v) is 8.76. The number of hydrogen-bond acceptors (Lipinski definition) is 4. The van der Waals surface area contributed by atoms with Gasteiger partial charge in [-0.3, -0.25) is 4.79 Å². The van der Waals surface area contributed by atoms with Crippen molar-refractivity contribution >= 4 is 11.9 Å². The molecule has 0 spiro atoms. The van der Waals surface area contributed by atoms with Crippen LogP contribution >= 0.6 is 0 Å². The van der Waals surface area contributed by atoms with Crippen LogP contribution in [0.2, 0.25) is 0 Å². The van der Waals surface area contributed by atoms with Crippen molar-refractivity contribution in [2.45, 2.75) is 46.5 Å². The third kappa shape index (κ3) is 5.01. The topological polar surface area (TPSA) is 78.7 Å². The van der Waals surface area contributed by atoms with Gasteiger partial charge in [-0.15, -0.1) is 0 Å². The van der Waals surface area contributed by atoms with E-state index in [-0.39, 0.29) is 23.8 Å². The highest BCUT2D eigenvalue weighted by Gasteiger charge is 2.27. The van der Waals surface area contributed by atoms with Crippen LogP contribution in [0.25, 0.3) is 0 Å². The molecule has 3 rings (SSSR count). The van der Waals surface area contributed by atoms with E-state index in [2.05, 4.69) is 55.5 Å². The molecule has 30 heavy (non-hydrogen) atoms. The van der Waals surface area contributed by atoms with Gasteiger partial charge in [0.15, 0.2) is 0 Å². The number of nitrogens with one attached hydrogen (secondary N) is 1. The van der Waals surface area contributed by atoms with E-state index in [1.54, 1.807) is 4.90 Å². The van der Waals surface area contributed by atoms with Gasteiger partial charge in [-0.25, -0.2) is 4.79 Å². The molecule has 7 nitrogen and oxygen atoms in total. The molecule has 0 saturated carbocycles. The Kier molecular flexibility index (Phi) is 6.48. The molecule has 1 N–H and O–H groups in total. The number of urea groups is 1. The third-order valence-corrected chi connectivity index (χ3v) is 5.94. The summed E-state index contributed by atoms with van der Waals surface area (Å²) in [5.74, 6) is 0.736. The first kappa shape index (κ1) is 21.9. The molecule has 0 unspecified atom stereocenters. The Hall–Kier alpha value is -2.83. The van der Waals surface area contributed by atoms with Crippen LogP contribution in [0.15, 0.2) is 28.8 Å². The first-order valence-electron chi connectivity index (χ1n) is 10.5. The van der Waals surface area contributed by atoms with Crippen LogP contribution in [0, 0.1) is 20.8 Å². The molecule has 162 valence electrons. The molecule has 1 aliphatic heterocycles. The molecule has 1 aromatic carbocycles. The maximum absolute atomic E-state index is 12.6. The van der Waals surface area contributed by atoms with E-state index in [1.807, 2.05) is 18.7 Å². The average Bonchev–Trinajstić information content (AvgIpc) is 3.04. The maximum atomic E-state index is 12.6. The minimum absolute atomic E-state index is 0.0463. The zero-order chi connectivity index (χ0) is 21.9. The Morgan fingerprint density at radius 1 is 1.03 bits per heavy atom. The van der Waals surface area contributed by atoms with E-state index in [1.165, 1.54) is 11.1 Å². The molecule has 1 aliphatic rings. The number of aromatic nitrogens is 1. The monoisotopic (exact) mass is 412 g/mol. The molecule has 0 aliphatic carbocycles. The quantitative estimate of drug-likeness (QED) is 0.819. The van der Waals surface area contributed by atoms with Gasteiger partial charge in [0.25, 0.3) is 0 Å². The maximum Gasteiger partial charge on any atom is 0.317 e. The van der Waals surface area contributed by atoms with Gasteiger partial charge in [0.2, 0.25) is 5.91 Å². The lowest BCUT2D eigenvalue weighted by molar-refractivity contribution is -0.131. The zero-order valence-electron chi connectivity index (χ0n) is 18.6. The molecule has 1 fully saturated rings. The van der Waals surface area contributed by atoms with Crippen molar-refractivity contribution in [1.29, 1.82) is 0 Å². The molecule has 7 heteroatoms. The standard InChI is InChI=1S/C23H32N4O3/c1-16-6-8-19(9-7-16)23(4,5)15-24-22(29)27-12-10-26(11-13-27)21(28)14-20-17(2)25-30-18(20)3/h6-9H,10-15H2,1-5H3,(H,24,29). The van der Waals surface area contributed by atoms with Crippen molar-refractivity contribution < 1.29 is 14.1 Å². The fourth-order valence-corrected chi connectivity index (χ4v) is 3.69. The predicted molar refractivity (Wildman–Crippen MR) is 115 cm³/mol. The lowest BCUT2D eigenvalue weighted by atomic mass is 9.84. The van der Waals surface area contributed by atoms with Gasteiger partial charge < -0.3 is 19.6 Å². The largest absolute Gasteiger partial charge is 0.361 e. The van der Waals surface area contributed by atoms with Gasteiger partial charge in [0.05, 0.1) is 12.1 Å². The van der Waals surface area contributed by atoms with E-state index in [9.17, 15) is 9.59 Å². The number of amides is 3. The Bertz CT molecular complexity index is 874. The number of carbonyl (C=O) groups excluding carboxylic acids is 2. The third-order valence-electron chi connectivity index (χ3n) is 5.94. The summed E-state index contributed by atoms with van der Waals surface area (Å²) in [4.78, 5) is 28.9. The van der Waals surface area contributed by atoms with Crippen LogP contribution in [-0.2, 0) is 16.6 Å². The van der Waals surface area contributed by atoms with Gasteiger partial charge in [-0.05, 0) is 26.3 Å². The second-order valence-electron chi connectivity index (χ2n) is 8.76. The fraction of sp³-hybridized carbons (Fsp3) is 0.522. The van der Waals surface area contributed by atoms with Crippen molar-refractivity contribution in [3.05, 3.63) is 52.4 Å². The van der Waals surface area contributed by atoms with Crippen LogP contribution in [-0.4, -0.2) is 59.6 Å². The van der Waals surface area contributed by atoms with E-state index in [0.29, 0.717) is 38.5 Å². The lowest BCUT2D eigenvalue weighted by Gasteiger charge is -2.35. The normalized spacial score (nSPS) is 14.7. The van der Waals surface area contributed by atoms with Crippen LogP contribution < -0.4 is 5.32 Å². The second kappa shape index (κ2) is 8.90. The summed E-state index contributed by atoms with van der Waals surface area (Å²) in [6.45, 7) is 12.7. The highest BCUT2D eigenvalue weighted by molar-refractivity contribution is 5.80. The molecular weight excluding hydrogens is 380 g/mol. The molecular formula is C23H32N4O3. The lowest BCUT2D eigenvalue weighted by Crippen LogP contribution is -2.54. The molecule has 2 aromatic rings. The molecule has 1 aromatic heterocycles. The summed E-state index contributed by atoms with van der Waals surface area (Å²) in [5.41, 5.74) is 3.88. The Labute approximate surface area is 178 Å². The minimum atomic E-state index is -0.157. The smallest absolute Gasteiger partial charge is 0.317 e. The number of benzene rings is 1. The fourth-order valence-electron chi connectivity index (χ4n) is 3.69. The predicted octanol–water partition coefficient (Wildman–Crippen LogP) is 2.97. The number of aryl methyl sites for hydroxylation is 3. The summed E-state index contributed by atoms with van der Waals surface area (Å²) in [6.07, 6.45) is 0.290. The van der Waals surface area contributed by atoms with Gasteiger partial charge in [-0.1, -0.05) is 48.8 Å². The van der Waals surface area contributed by atoms with E-state index >= 15 is 0 Å². The van der Waals surface area contributed by atoms with E-state index < -0.39 is 0 Å². The Morgan fingerprint density at radius 2 is 1.63 bits per heavy atom. The molecule has 3 amide bonds. The average molecular weight is 413 g/mol. The Morgan fingerprint density at radius 3 is 2.20 bits per heavy atom. The van der Waals surface area contributed by atoms with E-state index in [4.69, 9.17) is 4.52 Å². The van der Waals surface area contributed by atoms with Gasteiger partial charge in [0, 0.05) is 43.7 Å². The molecule has 0 atom stereocenters. The van der Waals surface area contributed by atoms with Crippen LogP contribution in [0.5, 0.6) is 0 Å². The first-order valence-corrected chi connectivity index (χ1v) is 10.5. The van der Waals surface area contributed by atoms with Crippen molar-refractivity contribution in [3.8, 4) is 0 Å². The summed E-state index contributed by atoms with van der Waals surface area (Å²) < 4.78 is 5.14. The van der Waals surface area contributed by atoms with Gasteiger partial charge >= 0.3 is 6.03 Å². The van der Waals surface area contributed by atoms with Crippen LogP contribution in [0.4, 0.5) is 4.79 Å². The number of piperazine rings is 1. The highest BCUT2D eigenvalue weighted by atomic mass is 16.5.